The zero-order chi connectivity index (χ0) is 19.9. The largest absolute Gasteiger partial charge is 0.467 e. The van der Waals surface area contributed by atoms with E-state index >= 15 is 0 Å². The maximum atomic E-state index is 12.2. The van der Waals surface area contributed by atoms with E-state index in [9.17, 15) is 9.59 Å². The van der Waals surface area contributed by atoms with Gasteiger partial charge in [-0.15, -0.1) is 11.6 Å². The van der Waals surface area contributed by atoms with E-state index in [0.717, 1.165) is 27.6 Å². The summed E-state index contributed by atoms with van der Waals surface area (Å²) in [4.78, 5) is 24.4. The molecule has 146 valence electrons. The Morgan fingerprint density at radius 1 is 1.21 bits per heavy atom. The SMILES string of the molecule is COC(=O)[C@@H](Cc1ccc2[nH]ncc2c1CCl)NC(=O)OCc1ccccc1. The molecule has 0 spiro atoms. The predicted molar refractivity (Wildman–Crippen MR) is 105 cm³/mol. The van der Waals surface area contributed by atoms with E-state index in [2.05, 4.69) is 15.5 Å². The number of carbonyl (C=O) groups excluding carboxylic acids is 2. The highest BCUT2D eigenvalue weighted by Crippen LogP contribution is 2.24. The zero-order valence-corrected chi connectivity index (χ0v) is 16.0. The van der Waals surface area contributed by atoms with Crippen molar-refractivity contribution in [1.82, 2.24) is 15.5 Å². The van der Waals surface area contributed by atoms with Crippen LogP contribution in [0.1, 0.15) is 16.7 Å². The van der Waals surface area contributed by atoms with Gasteiger partial charge in [0.1, 0.15) is 12.6 Å². The van der Waals surface area contributed by atoms with Crippen molar-refractivity contribution in [3.05, 3.63) is 65.4 Å². The van der Waals surface area contributed by atoms with E-state index in [0.29, 0.717) is 0 Å². The number of nitrogens with one attached hydrogen (secondary N) is 2. The number of halogens is 1. The Morgan fingerprint density at radius 3 is 2.71 bits per heavy atom. The minimum absolute atomic E-state index is 0.106. The number of fused-ring (bicyclic) bond motifs is 1. The quantitative estimate of drug-likeness (QED) is 0.468. The van der Waals surface area contributed by atoms with Gasteiger partial charge in [-0.25, -0.2) is 9.59 Å². The normalized spacial score (nSPS) is 11.8. The zero-order valence-electron chi connectivity index (χ0n) is 15.3. The Kier molecular flexibility index (Phi) is 6.49. The van der Waals surface area contributed by atoms with Crippen LogP contribution in [0.15, 0.2) is 48.7 Å². The molecule has 3 aromatic rings. The van der Waals surface area contributed by atoms with Crippen LogP contribution in [0, 0.1) is 0 Å². The molecule has 0 aliphatic rings. The summed E-state index contributed by atoms with van der Waals surface area (Å²) >= 11 is 6.12. The van der Waals surface area contributed by atoms with Crippen molar-refractivity contribution in [2.24, 2.45) is 0 Å². The molecule has 0 saturated heterocycles. The smallest absolute Gasteiger partial charge is 0.408 e. The summed E-state index contributed by atoms with van der Waals surface area (Å²) in [7, 11) is 1.27. The molecule has 1 heterocycles. The van der Waals surface area contributed by atoms with Crippen LogP contribution >= 0.6 is 11.6 Å². The highest BCUT2D eigenvalue weighted by atomic mass is 35.5. The molecule has 0 radical (unpaired) electrons. The molecule has 3 rings (SSSR count). The van der Waals surface area contributed by atoms with Crippen LogP contribution in [0.5, 0.6) is 0 Å². The van der Waals surface area contributed by atoms with Gasteiger partial charge >= 0.3 is 12.1 Å². The first-order valence-electron chi connectivity index (χ1n) is 8.67. The third-order valence-electron chi connectivity index (χ3n) is 4.38. The fourth-order valence-electron chi connectivity index (χ4n) is 2.93. The first-order chi connectivity index (χ1) is 13.6. The maximum Gasteiger partial charge on any atom is 0.408 e. The van der Waals surface area contributed by atoms with E-state index < -0.39 is 18.1 Å². The van der Waals surface area contributed by atoms with Crippen molar-refractivity contribution in [1.29, 1.82) is 0 Å². The molecule has 28 heavy (non-hydrogen) atoms. The number of ether oxygens (including phenoxy) is 2. The van der Waals surface area contributed by atoms with Crippen molar-refractivity contribution >= 4 is 34.6 Å². The minimum atomic E-state index is -0.903. The second kappa shape index (κ2) is 9.23. The lowest BCUT2D eigenvalue weighted by Gasteiger charge is -2.18. The molecule has 8 heteroatoms. The number of esters is 1. The van der Waals surface area contributed by atoms with Crippen molar-refractivity contribution < 1.29 is 19.1 Å². The number of alkyl halides is 1. The number of nitrogens with zero attached hydrogens (tertiary/aromatic N) is 1. The Morgan fingerprint density at radius 2 is 2.00 bits per heavy atom. The third kappa shape index (κ3) is 4.61. The highest BCUT2D eigenvalue weighted by molar-refractivity contribution is 6.18. The van der Waals surface area contributed by atoms with Crippen LogP contribution in [0.2, 0.25) is 0 Å². The lowest BCUT2D eigenvalue weighted by Crippen LogP contribution is -2.43. The molecule has 1 amide bonds. The van der Waals surface area contributed by atoms with Gasteiger partial charge in [0.25, 0.3) is 0 Å². The summed E-state index contributed by atoms with van der Waals surface area (Å²) in [5.74, 6) is -0.317. The van der Waals surface area contributed by atoms with Crippen LogP contribution in [0.25, 0.3) is 10.9 Å². The highest BCUT2D eigenvalue weighted by Gasteiger charge is 2.24. The lowest BCUT2D eigenvalue weighted by molar-refractivity contribution is -0.143. The maximum absolute atomic E-state index is 12.2. The number of carbonyl (C=O) groups is 2. The summed E-state index contributed by atoms with van der Waals surface area (Å²) in [5, 5.41) is 10.4. The Labute approximate surface area is 167 Å². The number of methoxy groups -OCH3 is 1. The van der Waals surface area contributed by atoms with E-state index in [1.165, 1.54) is 7.11 Å². The number of benzene rings is 2. The molecule has 1 aromatic heterocycles. The van der Waals surface area contributed by atoms with Gasteiger partial charge in [-0.05, 0) is 22.8 Å². The van der Waals surface area contributed by atoms with E-state index in [1.54, 1.807) is 6.20 Å². The van der Waals surface area contributed by atoms with Crippen molar-refractivity contribution in [2.45, 2.75) is 24.9 Å². The number of H-pyrrole nitrogens is 1. The van der Waals surface area contributed by atoms with Gasteiger partial charge in [0.05, 0.1) is 18.8 Å². The van der Waals surface area contributed by atoms with Crippen LogP contribution in [-0.4, -0.2) is 35.4 Å². The van der Waals surface area contributed by atoms with Crippen molar-refractivity contribution in [3.63, 3.8) is 0 Å². The van der Waals surface area contributed by atoms with Gasteiger partial charge in [0, 0.05) is 17.7 Å². The average molecular weight is 402 g/mol. The first-order valence-corrected chi connectivity index (χ1v) is 9.20. The first kappa shape index (κ1) is 19.7. The summed E-state index contributed by atoms with van der Waals surface area (Å²) in [6.45, 7) is 0.106. The lowest BCUT2D eigenvalue weighted by atomic mass is 9.98. The molecular formula is C20H20ClN3O4. The molecule has 2 N–H and O–H groups in total. The van der Waals surface area contributed by atoms with E-state index in [4.69, 9.17) is 21.1 Å². The van der Waals surface area contributed by atoms with Crippen molar-refractivity contribution in [3.8, 4) is 0 Å². The summed E-state index contributed by atoms with van der Waals surface area (Å²) in [6, 6.07) is 12.1. The molecular weight excluding hydrogens is 382 g/mol. The van der Waals surface area contributed by atoms with Gasteiger partial charge in [0.2, 0.25) is 0 Å². The fourth-order valence-corrected chi connectivity index (χ4v) is 3.25. The molecule has 0 fully saturated rings. The number of rotatable bonds is 7. The second-order valence-electron chi connectivity index (χ2n) is 6.15. The molecule has 2 aromatic carbocycles. The molecule has 1 atom stereocenters. The summed E-state index contributed by atoms with van der Waals surface area (Å²) in [5.41, 5.74) is 3.37. The topological polar surface area (TPSA) is 93.3 Å². The van der Waals surface area contributed by atoms with Crippen molar-refractivity contribution in [2.75, 3.05) is 7.11 Å². The third-order valence-corrected chi connectivity index (χ3v) is 4.65. The van der Waals surface area contributed by atoms with Crippen LogP contribution in [0.4, 0.5) is 4.79 Å². The molecule has 0 bridgehead atoms. The number of amides is 1. The van der Waals surface area contributed by atoms with Gasteiger partial charge in [-0.3, -0.25) is 5.10 Å². The fraction of sp³-hybridized carbons (Fsp3) is 0.250. The Bertz CT molecular complexity index is 958. The predicted octanol–water partition coefficient (Wildman–Crippen LogP) is 3.31. The second-order valence-corrected chi connectivity index (χ2v) is 6.42. The molecule has 0 saturated carbocycles. The van der Waals surface area contributed by atoms with Crippen LogP contribution in [-0.2, 0) is 33.2 Å². The van der Waals surface area contributed by atoms with Crippen LogP contribution in [0.3, 0.4) is 0 Å². The monoisotopic (exact) mass is 401 g/mol. The number of hydrogen-bond donors (Lipinski definition) is 2. The number of alkyl carbamates (subject to hydrolysis) is 1. The van der Waals surface area contributed by atoms with E-state index in [1.807, 2.05) is 42.5 Å². The number of aromatic amines is 1. The summed E-state index contributed by atoms with van der Waals surface area (Å²) in [6.07, 6.45) is 1.21. The molecule has 0 aliphatic heterocycles. The Hall–Kier alpha value is -3.06. The summed E-state index contributed by atoms with van der Waals surface area (Å²) < 4.78 is 10.0. The molecule has 0 unspecified atom stereocenters. The minimum Gasteiger partial charge on any atom is -0.467 e. The van der Waals surface area contributed by atoms with Gasteiger partial charge in [-0.2, -0.15) is 5.10 Å². The van der Waals surface area contributed by atoms with Gasteiger partial charge in [-0.1, -0.05) is 36.4 Å². The number of aromatic nitrogens is 2. The van der Waals surface area contributed by atoms with E-state index in [-0.39, 0.29) is 18.9 Å². The average Bonchev–Trinajstić information content (AvgIpc) is 3.20. The number of hydrogen-bond acceptors (Lipinski definition) is 5. The van der Waals surface area contributed by atoms with Gasteiger partial charge in [0.15, 0.2) is 0 Å². The molecule has 7 nitrogen and oxygen atoms in total. The molecule has 0 aliphatic carbocycles. The van der Waals surface area contributed by atoms with Crippen LogP contribution < -0.4 is 5.32 Å². The van der Waals surface area contributed by atoms with Gasteiger partial charge < -0.3 is 14.8 Å². The standard InChI is InChI=1S/C20H20ClN3O4/c1-27-19(25)18(23-20(26)28-12-13-5-3-2-4-6-13)9-14-7-8-17-16(11-22-24-17)15(14)10-21/h2-8,11,18H,9-10,12H2,1H3,(H,22,24)(H,23,26)/t18-/m1/s1. The Balaban J connectivity index is 1.72.